The number of carbonyl (C=O) groups is 1. The van der Waals surface area contributed by atoms with E-state index in [4.69, 9.17) is 0 Å². The number of halogens is 3. The van der Waals surface area contributed by atoms with Gasteiger partial charge in [0.25, 0.3) is 11.5 Å². The molecule has 7 nitrogen and oxygen atoms in total. The van der Waals surface area contributed by atoms with Gasteiger partial charge in [0.2, 0.25) is 0 Å². The first-order valence-electron chi connectivity index (χ1n) is 8.21. The van der Waals surface area contributed by atoms with Crippen LogP contribution < -0.4 is 22.1 Å². The average Bonchev–Trinajstić information content (AvgIpc) is 2.65. The number of alkyl halides is 3. The number of hydrogen-bond donors (Lipinski definition) is 3. The Morgan fingerprint density at radius 3 is 2.57 bits per heavy atom. The Bertz CT molecular complexity index is 1170. The van der Waals surface area contributed by atoms with Crippen LogP contribution in [0.25, 0.3) is 10.9 Å². The summed E-state index contributed by atoms with van der Waals surface area (Å²) in [6.07, 6.45) is -4.50. The van der Waals surface area contributed by atoms with Gasteiger partial charge in [0.1, 0.15) is 0 Å². The highest BCUT2D eigenvalue weighted by atomic mass is 19.4. The molecule has 10 heteroatoms. The van der Waals surface area contributed by atoms with Gasteiger partial charge in [-0.3, -0.25) is 25.0 Å². The maximum atomic E-state index is 12.7. The molecule has 0 radical (unpaired) electrons. The minimum Gasteiger partial charge on any atom is -0.307 e. The normalized spacial score (nSPS) is 11.4. The number of H-pyrrole nitrogens is 1. The van der Waals surface area contributed by atoms with Crippen molar-refractivity contribution < 1.29 is 18.0 Å². The third-order valence-corrected chi connectivity index (χ3v) is 4.07. The molecule has 0 aliphatic heterocycles. The van der Waals surface area contributed by atoms with Crippen molar-refractivity contribution in [2.45, 2.75) is 19.6 Å². The van der Waals surface area contributed by atoms with Crippen molar-refractivity contribution in [2.75, 3.05) is 5.43 Å². The minimum atomic E-state index is -4.50. The number of nitrogens with zero attached hydrogens (tertiary/aromatic N) is 1. The van der Waals surface area contributed by atoms with E-state index in [1.54, 1.807) is 6.92 Å². The van der Waals surface area contributed by atoms with Gasteiger partial charge < -0.3 is 4.98 Å². The lowest BCUT2D eigenvalue weighted by molar-refractivity contribution is -0.137. The van der Waals surface area contributed by atoms with Gasteiger partial charge in [-0.25, -0.2) is 4.79 Å². The van der Waals surface area contributed by atoms with Gasteiger partial charge in [-0.15, -0.1) is 0 Å². The number of aromatic amines is 1. The lowest BCUT2D eigenvalue weighted by atomic mass is 10.1. The van der Waals surface area contributed by atoms with E-state index in [9.17, 15) is 27.6 Å². The molecule has 0 atom stereocenters. The molecule has 3 rings (SSSR count). The Balaban J connectivity index is 1.83. The summed E-state index contributed by atoms with van der Waals surface area (Å²) < 4.78 is 39.2. The molecule has 0 fully saturated rings. The molecule has 0 aliphatic carbocycles. The maximum absolute atomic E-state index is 12.7. The number of anilines is 1. The van der Waals surface area contributed by atoms with Crippen LogP contribution in [0.15, 0.2) is 52.1 Å². The molecule has 1 aromatic heterocycles. The fraction of sp³-hybridized carbons (Fsp3) is 0.167. The van der Waals surface area contributed by atoms with E-state index >= 15 is 0 Å². The van der Waals surface area contributed by atoms with Crippen LogP contribution in [0, 0.1) is 0 Å². The summed E-state index contributed by atoms with van der Waals surface area (Å²) in [5.74, 6) is -0.653. The predicted octanol–water partition coefficient (Wildman–Crippen LogP) is 2.49. The molecule has 0 unspecified atom stereocenters. The van der Waals surface area contributed by atoms with E-state index in [-0.39, 0.29) is 28.7 Å². The zero-order valence-corrected chi connectivity index (χ0v) is 14.6. The first-order chi connectivity index (χ1) is 13.2. The highest BCUT2D eigenvalue weighted by Crippen LogP contribution is 2.30. The molecule has 0 bridgehead atoms. The fourth-order valence-corrected chi connectivity index (χ4v) is 2.66. The van der Waals surface area contributed by atoms with Crippen molar-refractivity contribution in [3.8, 4) is 0 Å². The van der Waals surface area contributed by atoms with Gasteiger partial charge in [-0.05, 0) is 43.3 Å². The van der Waals surface area contributed by atoms with E-state index in [1.807, 2.05) is 0 Å². The number of benzene rings is 2. The molecule has 0 aliphatic rings. The second kappa shape index (κ2) is 7.22. The Kier molecular flexibility index (Phi) is 4.95. The Morgan fingerprint density at radius 2 is 1.89 bits per heavy atom. The molecular formula is C18H15F3N4O3. The summed E-state index contributed by atoms with van der Waals surface area (Å²) in [5.41, 5.74) is 3.09. The molecular weight excluding hydrogens is 377 g/mol. The first kappa shape index (κ1) is 19.2. The molecule has 146 valence electrons. The van der Waals surface area contributed by atoms with Gasteiger partial charge in [0.05, 0.1) is 22.2 Å². The first-order valence-corrected chi connectivity index (χ1v) is 8.21. The molecule has 3 N–H and O–H groups in total. The summed E-state index contributed by atoms with van der Waals surface area (Å²) in [6, 6.07) is 8.43. The van der Waals surface area contributed by atoms with Crippen LogP contribution in [-0.4, -0.2) is 15.5 Å². The molecule has 28 heavy (non-hydrogen) atoms. The summed E-state index contributed by atoms with van der Waals surface area (Å²) in [5, 5.41) is 0.240. The van der Waals surface area contributed by atoms with E-state index in [0.717, 1.165) is 16.7 Å². The summed E-state index contributed by atoms with van der Waals surface area (Å²) >= 11 is 0. The largest absolute Gasteiger partial charge is 0.416 e. The van der Waals surface area contributed by atoms with Crippen molar-refractivity contribution in [3.05, 3.63) is 74.4 Å². The molecule has 0 saturated heterocycles. The zero-order chi connectivity index (χ0) is 20.5. The number of carbonyl (C=O) groups excluding carboxylic acids is 1. The molecule has 0 spiro atoms. The van der Waals surface area contributed by atoms with Crippen molar-refractivity contribution >= 4 is 22.5 Å². The number of hydrogen-bond acceptors (Lipinski definition) is 4. The van der Waals surface area contributed by atoms with E-state index in [0.29, 0.717) is 0 Å². The number of fused-ring (bicyclic) bond motifs is 1. The van der Waals surface area contributed by atoms with Crippen LogP contribution in [0.3, 0.4) is 0 Å². The van der Waals surface area contributed by atoms with Crippen LogP contribution in [0.5, 0.6) is 0 Å². The second-order valence-electron chi connectivity index (χ2n) is 5.90. The summed E-state index contributed by atoms with van der Waals surface area (Å²) in [4.78, 5) is 38.9. The van der Waals surface area contributed by atoms with Crippen molar-refractivity contribution in [1.82, 2.24) is 15.0 Å². The fourth-order valence-electron chi connectivity index (χ4n) is 2.66. The molecule has 1 heterocycles. The van der Waals surface area contributed by atoms with Crippen LogP contribution in [-0.2, 0) is 12.7 Å². The maximum Gasteiger partial charge on any atom is 0.416 e. The van der Waals surface area contributed by atoms with Gasteiger partial charge in [0.15, 0.2) is 0 Å². The van der Waals surface area contributed by atoms with Gasteiger partial charge in [0, 0.05) is 12.1 Å². The third kappa shape index (κ3) is 3.75. The topological polar surface area (TPSA) is 96.0 Å². The van der Waals surface area contributed by atoms with Crippen LogP contribution in [0.2, 0.25) is 0 Å². The van der Waals surface area contributed by atoms with Crippen LogP contribution in [0.1, 0.15) is 22.8 Å². The Labute approximate surface area is 155 Å². The van der Waals surface area contributed by atoms with Crippen molar-refractivity contribution in [1.29, 1.82) is 0 Å². The van der Waals surface area contributed by atoms with Gasteiger partial charge in [-0.1, -0.05) is 6.07 Å². The van der Waals surface area contributed by atoms with E-state index in [1.165, 1.54) is 30.3 Å². The lowest BCUT2D eigenvalue weighted by Crippen LogP contribution is -2.34. The van der Waals surface area contributed by atoms with Gasteiger partial charge in [-0.2, -0.15) is 13.2 Å². The van der Waals surface area contributed by atoms with E-state index in [2.05, 4.69) is 15.8 Å². The second-order valence-corrected chi connectivity index (χ2v) is 5.90. The molecule has 1 amide bonds. The molecule has 2 aromatic carbocycles. The van der Waals surface area contributed by atoms with Crippen LogP contribution in [0.4, 0.5) is 18.9 Å². The number of amides is 1. The summed E-state index contributed by atoms with van der Waals surface area (Å²) in [7, 11) is 0. The van der Waals surface area contributed by atoms with E-state index < -0.39 is 28.9 Å². The number of nitrogens with one attached hydrogen (secondary N) is 3. The quantitative estimate of drug-likeness (QED) is 0.595. The predicted molar refractivity (Wildman–Crippen MR) is 97.0 cm³/mol. The number of hydrazine groups is 1. The SMILES string of the molecule is CCn1c(=O)[nH]c2cc(C(=O)NNc3cccc(C(F)(F)F)c3)ccc2c1=O. The minimum absolute atomic E-state index is 0.0446. The standard InChI is InChI=1S/C18H15F3N4O3/c1-2-25-16(27)13-7-6-10(8-14(13)22-17(25)28)15(26)24-23-12-5-3-4-11(9-12)18(19,20)21/h3-9,23H,2H2,1H3,(H,22,28)(H,24,26). The molecule has 3 aromatic rings. The number of rotatable bonds is 4. The Morgan fingerprint density at radius 1 is 1.14 bits per heavy atom. The highest BCUT2D eigenvalue weighted by molar-refractivity contribution is 5.98. The van der Waals surface area contributed by atoms with Crippen molar-refractivity contribution in [2.24, 2.45) is 0 Å². The monoisotopic (exact) mass is 392 g/mol. The van der Waals surface area contributed by atoms with Crippen molar-refractivity contribution in [3.63, 3.8) is 0 Å². The van der Waals surface area contributed by atoms with Gasteiger partial charge >= 0.3 is 11.9 Å². The van der Waals surface area contributed by atoms with Crippen LogP contribution >= 0.6 is 0 Å². The Hall–Kier alpha value is -3.56. The summed E-state index contributed by atoms with van der Waals surface area (Å²) in [6.45, 7) is 1.86. The highest BCUT2D eigenvalue weighted by Gasteiger charge is 2.30. The zero-order valence-electron chi connectivity index (χ0n) is 14.6. The third-order valence-electron chi connectivity index (χ3n) is 4.07. The number of aromatic nitrogens is 2. The lowest BCUT2D eigenvalue weighted by Gasteiger charge is -2.12. The molecule has 0 saturated carbocycles. The average molecular weight is 392 g/mol. The smallest absolute Gasteiger partial charge is 0.307 e.